The highest BCUT2D eigenvalue weighted by Gasteiger charge is 2.18. The standard InChI is InChI=1S/C7H8BN3O2S/c1-5-6(8(12)13)4-11(10-5)7-9-2-3-14-7/h2-4,12-13H,1H3. The molecule has 7 heteroatoms. The Hall–Kier alpha value is -1.18. The lowest BCUT2D eigenvalue weighted by Crippen LogP contribution is -2.30. The lowest BCUT2D eigenvalue weighted by molar-refractivity contribution is 0.425. The predicted octanol–water partition coefficient (Wildman–Crippen LogP) is -0.683. The van der Waals surface area contributed by atoms with Gasteiger partial charge in [-0.2, -0.15) is 5.10 Å². The third-order valence-electron chi connectivity index (χ3n) is 1.83. The average Bonchev–Trinajstić information content (AvgIpc) is 2.70. The Morgan fingerprint density at radius 2 is 2.29 bits per heavy atom. The summed E-state index contributed by atoms with van der Waals surface area (Å²) >= 11 is 1.44. The molecule has 0 spiro atoms. The predicted molar refractivity (Wildman–Crippen MR) is 53.8 cm³/mol. The minimum atomic E-state index is -1.48. The van der Waals surface area contributed by atoms with E-state index < -0.39 is 7.12 Å². The first-order valence-corrected chi connectivity index (χ1v) is 4.88. The summed E-state index contributed by atoms with van der Waals surface area (Å²) in [6, 6.07) is 0. The minimum Gasteiger partial charge on any atom is -0.423 e. The van der Waals surface area contributed by atoms with Crippen molar-refractivity contribution in [2.75, 3.05) is 0 Å². The number of hydrogen-bond donors (Lipinski definition) is 2. The van der Waals surface area contributed by atoms with Crippen molar-refractivity contribution in [3.63, 3.8) is 0 Å². The van der Waals surface area contributed by atoms with Crippen molar-refractivity contribution in [1.82, 2.24) is 14.8 Å². The molecule has 0 amide bonds. The van der Waals surface area contributed by atoms with Crippen LogP contribution in [0.4, 0.5) is 0 Å². The van der Waals surface area contributed by atoms with Crippen molar-refractivity contribution in [3.8, 4) is 5.13 Å². The van der Waals surface area contributed by atoms with Crippen LogP contribution in [0.1, 0.15) is 5.69 Å². The van der Waals surface area contributed by atoms with E-state index >= 15 is 0 Å². The third-order valence-corrected chi connectivity index (χ3v) is 2.59. The van der Waals surface area contributed by atoms with E-state index in [0.717, 1.165) is 0 Å². The van der Waals surface area contributed by atoms with Gasteiger partial charge in [0.25, 0.3) is 0 Å². The number of hydrogen-bond acceptors (Lipinski definition) is 5. The molecule has 14 heavy (non-hydrogen) atoms. The maximum atomic E-state index is 9.00. The molecular weight excluding hydrogens is 201 g/mol. The summed E-state index contributed by atoms with van der Waals surface area (Å²) in [7, 11) is -1.48. The molecule has 0 radical (unpaired) electrons. The Bertz CT molecular complexity index is 426. The quantitative estimate of drug-likeness (QED) is 0.642. The summed E-state index contributed by atoms with van der Waals surface area (Å²) in [6.45, 7) is 1.72. The first-order valence-electron chi connectivity index (χ1n) is 4.00. The number of nitrogens with zero attached hydrogens (tertiary/aromatic N) is 3. The average molecular weight is 209 g/mol. The molecule has 0 fully saturated rings. The van der Waals surface area contributed by atoms with Crippen LogP contribution in [0.2, 0.25) is 0 Å². The molecule has 72 valence electrons. The van der Waals surface area contributed by atoms with Gasteiger partial charge in [0.05, 0.1) is 5.69 Å². The van der Waals surface area contributed by atoms with Gasteiger partial charge in [0.1, 0.15) is 0 Å². The van der Waals surface area contributed by atoms with Crippen LogP contribution >= 0.6 is 11.3 Å². The van der Waals surface area contributed by atoms with Gasteiger partial charge in [0.2, 0.25) is 5.13 Å². The van der Waals surface area contributed by atoms with Gasteiger partial charge in [-0.15, -0.1) is 11.3 Å². The highest BCUT2D eigenvalue weighted by atomic mass is 32.1. The molecule has 0 unspecified atom stereocenters. The third kappa shape index (κ3) is 1.57. The first-order chi connectivity index (χ1) is 6.68. The van der Waals surface area contributed by atoms with Crippen LogP contribution < -0.4 is 5.46 Å². The summed E-state index contributed by atoms with van der Waals surface area (Å²) in [5.74, 6) is 0. The van der Waals surface area contributed by atoms with Crippen molar-refractivity contribution in [3.05, 3.63) is 23.5 Å². The van der Waals surface area contributed by atoms with Crippen LogP contribution in [-0.4, -0.2) is 31.9 Å². The van der Waals surface area contributed by atoms with Crippen molar-refractivity contribution < 1.29 is 10.0 Å². The fourth-order valence-corrected chi connectivity index (χ4v) is 1.72. The molecule has 0 saturated heterocycles. The zero-order valence-electron chi connectivity index (χ0n) is 7.45. The fourth-order valence-electron chi connectivity index (χ4n) is 1.15. The Morgan fingerprint density at radius 1 is 1.50 bits per heavy atom. The van der Waals surface area contributed by atoms with E-state index in [2.05, 4.69) is 10.1 Å². The number of rotatable bonds is 2. The van der Waals surface area contributed by atoms with E-state index in [4.69, 9.17) is 10.0 Å². The number of thiazole rings is 1. The van der Waals surface area contributed by atoms with Crippen LogP contribution in [0.5, 0.6) is 0 Å². The van der Waals surface area contributed by atoms with Crippen LogP contribution in [0.15, 0.2) is 17.8 Å². The van der Waals surface area contributed by atoms with E-state index in [1.54, 1.807) is 19.3 Å². The second-order valence-corrected chi connectivity index (χ2v) is 3.68. The molecule has 2 aromatic rings. The molecule has 2 aromatic heterocycles. The second-order valence-electron chi connectivity index (χ2n) is 2.80. The molecule has 2 rings (SSSR count). The summed E-state index contributed by atoms with van der Waals surface area (Å²) in [5.41, 5.74) is 0.996. The molecule has 5 nitrogen and oxygen atoms in total. The Morgan fingerprint density at radius 3 is 2.79 bits per heavy atom. The molecule has 0 atom stereocenters. The second kappa shape index (κ2) is 3.53. The molecule has 0 aliphatic rings. The van der Waals surface area contributed by atoms with Gasteiger partial charge >= 0.3 is 7.12 Å². The lowest BCUT2D eigenvalue weighted by atomic mass is 9.81. The van der Waals surface area contributed by atoms with Crippen LogP contribution in [0.25, 0.3) is 5.13 Å². The summed E-state index contributed by atoms with van der Waals surface area (Å²) < 4.78 is 1.54. The van der Waals surface area contributed by atoms with Gasteiger partial charge in [-0.05, 0) is 6.92 Å². The summed E-state index contributed by atoms with van der Waals surface area (Å²) in [4.78, 5) is 4.06. The van der Waals surface area contributed by atoms with Crippen molar-refractivity contribution in [2.24, 2.45) is 0 Å². The highest BCUT2D eigenvalue weighted by Crippen LogP contribution is 2.09. The smallest absolute Gasteiger partial charge is 0.423 e. The normalized spacial score (nSPS) is 10.5. The number of aryl methyl sites for hydroxylation is 1. The zero-order chi connectivity index (χ0) is 10.1. The van der Waals surface area contributed by atoms with Gasteiger partial charge < -0.3 is 10.0 Å². The van der Waals surface area contributed by atoms with E-state index in [0.29, 0.717) is 16.3 Å². The Balaban J connectivity index is 2.43. The lowest BCUT2D eigenvalue weighted by Gasteiger charge is -1.92. The maximum Gasteiger partial charge on any atom is 0.491 e. The van der Waals surface area contributed by atoms with E-state index in [-0.39, 0.29) is 0 Å². The molecule has 0 bridgehead atoms. The Labute approximate surface area is 84.8 Å². The molecule has 0 aliphatic heterocycles. The van der Waals surface area contributed by atoms with Gasteiger partial charge in [-0.25, -0.2) is 9.67 Å². The van der Waals surface area contributed by atoms with Crippen molar-refractivity contribution >= 4 is 23.9 Å². The van der Waals surface area contributed by atoms with Crippen LogP contribution in [0.3, 0.4) is 0 Å². The van der Waals surface area contributed by atoms with Gasteiger partial charge in [-0.3, -0.25) is 0 Å². The maximum absolute atomic E-state index is 9.00. The van der Waals surface area contributed by atoms with E-state index in [1.165, 1.54) is 16.0 Å². The molecular formula is C7H8BN3O2S. The van der Waals surface area contributed by atoms with Crippen LogP contribution in [0, 0.1) is 6.92 Å². The van der Waals surface area contributed by atoms with Gasteiger partial charge in [0, 0.05) is 23.2 Å². The first kappa shape index (κ1) is 9.38. The molecule has 0 aliphatic carbocycles. The number of aromatic nitrogens is 3. The monoisotopic (exact) mass is 209 g/mol. The van der Waals surface area contributed by atoms with Crippen molar-refractivity contribution in [1.29, 1.82) is 0 Å². The fraction of sp³-hybridized carbons (Fsp3) is 0.143. The van der Waals surface area contributed by atoms with Gasteiger partial charge in [-0.1, -0.05) is 0 Å². The Kier molecular flexibility index (Phi) is 2.36. The molecule has 0 aromatic carbocycles. The van der Waals surface area contributed by atoms with E-state index in [9.17, 15) is 0 Å². The molecule has 2 heterocycles. The van der Waals surface area contributed by atoms with Gasteiger partial charge in [0.15, 0.2) is 0 Å². The van der Waals surface area contributed by atoms with Crippen molar-refractivity contribution in [2.45, 2.75) is 6.92 Å². The molecule has 2 N–H and O–H groups in total. The van der Waals surface area contributed by atoms with E-state index in [1.807, 2.05) is 5.38 Å². The summed E-state index contributed by atoms with van der Waals surface area (Å²) in [6.07, 6.45) is 3.24. The zero-order valence-corrected chi connectivity index (χ0v) is 8.27. The SMILES string of the molecule is Cc1nn(-c2nccs2)cc1B(O)O. The topological polar surface area (TPSA) is 71.2 Å². The summed E-state index contributed by atoms with van der Waals surface area (Å²) in [5, 5.41) is 24.7. The van der Waals surface area contributed by atoms with Crippen LogP contribution in [-0.2, 0) is 0 Å². The minimum absolute atomic E-state index is 0.403. The highest BCUT2D eigenvalue weighted by molar-refractivity contribution is 7.12. The largest absolute Gasteiger partial charge is 0.491 e. The molecule has 0 saturated carbocycles.